The number of aryl methyl sites for hydroxylation is 1. The lowest BCUT2D eigenvalue weighted by Crippen LogP contribution is -2.42. The number of urea groups is 1. The average molecular weight is 284 g/mol. The maximum absolute atomic E-state index is 11.4. The van der Waals surface area contributed by atoms with E-state index < -0.39 is 12.0 Å². The molecule has 0 saturated heterocycles. The summed E-state index contributed by atoms with van der Waals surface area (Å²) in [7, 11) is 0. The van der Waals surface area contributed by atoms with Crippen molar-refractivity contribution in [2.24, 2.45) is 5.73 Å². The minimum atomic E-state index is -0.508. The molecule has 2 amide bonds. The van der Waals surface area contributed by atoms with Crippen molar-refractivity contribution in [3.8, 4) is 11.1 Å². The highest BCUT2D eigenvalue weighted by molar-refractivity contribution is 5.93. The smallest absolute Gasteiger partial charge is 0.321 e. The number of amides is 2. The molecule has 0 unspecified atom stereocenters. The number of hydrogen-bond acceptors (Lipinski definition) is 4. The van der Waals surface area contributed by atoms with Crippen molar-refractivity contribution < 1.29 is 4.79 Å². The largest absolute Gasteiger partial charge is 0.370 e. The lowest BCUT2D eigenvalue weighted by Gasteiger charge is -2.08. The van der Waals surface area contributed by atoms with Crippen LogP contribution in [0, 0.1) is 12.3 Å². The van der Waals surface area contributed by atoms with Crippen molar-refractivity contribution in [1.29, 1.82) is 5.41 Å². The number of carbonyl (C=O) groups is 1. The SMILES string of the molecule is Cc1ncc(-c2cccc(CNC(=O)NC(=N)N)c2)cn1. The zero-order chi connectivity index (χ0) is 15.2. The van der Waals surface area contributed by atoms with E-state index in [4.69, 9.17) is 11.1 Å². The fourth-order valence-electron chi connectivity index (χ4n) is 1.75. The topological polar surface area (TPSA) is 117 Å². The molecule has 1 aromatic carbocycles. The van der Waals surface area contributed by atoms with Gasteiger partial charge < -0.3 is 11.1 Å². The quantitative estimate of drug-likeness (QED) is 0.499. The van der Waals surface area contributed by atoms with Crippen LogP contribution in [0.4, 0.5) is 4.79 Å². The van der Waals surface area contributed by atoms with E-state index in [9.17, 15) is 4.79 Å². The van der Waals surface area contributed by atoms with Gasteiger partial charge in [0.25, 0.3) is 0 Å². The van der Waals surface area contributed by atoms with Gasteiger partial charge in [-0.05, 0) is 24.1 Å². The van der Waals surface area contributed by atoms with E-state index in [1.165, 1.54) is 0 Å². The second kappa shape index (κ2) is 6.47. The first kappa shape index (κ1) is 14.4. The van der Waals surface area contributed by atoms with Crippen molar-refractivity contribution in [3.63, 3.8) is 0 Å². The monoisotopic (exact) mass is 284 g/mol. The average Bonchev–Trinajstić information content (AvgIpc) is 2.45. The summed E-state index contributed by atoms with van der Waals surface area (Å²) in [5, 5.41) is 11.7. The molecule has 108 valence electrons. The fraction of sp³-hybridized carbons (Fsp3) is 0.143. The van der Waals surface area contributed by atoms with Crippen LogP contribution < -0.4 is 16.4 Å². The molecule has 0 saturated carbocycles. The number of guanidine groups is 1. The molecule has 0 atom stereocenters. The van der Waals surface area contributed by atoms with Crippen LogP contribution >= 0.6 is 0 Å². The molecule has 0 aliphatic carbocycles. The second-order valence-corrected chi connectivity index (χ2v) is 4.44. The van der Waals surface area contributed by atoms with Gasteiger partial charge in [0.2, 0.25) is 0 Å². The van der Waals surface area contributed by atoms with Gasteiger partial charge >= 0.3 is 6.03 Å². The van der Waals surface area contributed by atoms with Crippen LogP contribution in [-0.4, -0.2) is 22.0 Å². The Morgan fingerprint density at radius 3 is 2.67 bits per heavy atom. The van der Waals surface area contributed by atoms with Crippen LogP contribution in [0.15, 0.2) is 36.7 Å². The van der Waals surface area contributed by atoms with Crippen LogP contribution in [-0.2, 0) is 6.54 Å². The Morgan fingerprint density at radius 1 is 1.29 bits per heavy atom. The molecule has 7 heteroatoms. The van der Waals surface area contributed by atoms with Gasteiger partial charge in [0, 0.05) is 24.5 Å². The van der Waals surface area contributed by atoms with E-state index in [0.717, 1.165) is 22.5 Å². The Labute approximate surface area is 122 Å². The summed E-state index contributed by atoms with van der Waals surface area (Å²) in [6, 6.07) is 7.18. The number of hydrogen-bond donors (Lipinski definition) is 4. The lowest BCUT2D eigenvalue weighted by atomic mass is 10.1. The van der Waals surface area contributed by atoms with Crippen molar-refractivity contribution >= 4 is 12.0 Å². The predicted molar refractivity (Wildman–Crippen MR) is 79.5 cm³/mol. The molecule has 0 aliphatic rings. The predicted octanol–water partition coefficient (Wildman–Crippen LogP) is 1.14. The molecule has 1 aromatic heterocycles. The van der Waals surface area contributed by atoms with Gasteiger partial charge in [-0.2, -0.15) is 0 Å². The van der Waals surface area contributed by atoms with E-state index in [-0.39, 0.29) is 0 Å². The van der Waals surface area contributed by atoms with E-state index in [1.807, 2.05) is 31.2 Å². The Kier molecular flexibility index (Phi) is 4.45. The molecule has 0 bridgehead atoms. The Bertz CT molecular complexity index is 653. The second-order valence-electron chi connectivity index (χ2n) is 4.44. The molecule has 5 N–H and O–H groups in total. The first-order chi connectivity index (χ1) is 10.0. The number of aromatic nitrogens is 2. The molecular formula is C14H16N6O. The number of rotatable bonds is 3. The van der Waals surface area contributed by atoms with E-state index >= 15 is 0 Å². The highest BCUT2D eigenvalue weighted by Gasteiger charge is 2.03. The van der Waals surface area contributed by atoms with Crippen LogP contribution in [0.5, 0.6) is 0 Å². The number of nitrogens with one attached hydrogen (secondary N) is 3. The normalized spacial score (nSPS) is 9.95. The van der Waals surface area contributed by atoms with E-state index in [2.05, 4.69) is 20.6 Å². The fourth-order valence-corrected chi connectivity index (χ4v) is 1.75. The maximum atomic E-state index is 11.4. The van der Waals surface area contributed by atoms with Crippen molar-refractivity contribution in [3.05, 3.63) is 48.0 Å². The summed E-state index contributed by atoms with van der Waals surface area (Å²) in [5.41, 5.74) is 7.88. The molecule has 0 spiro atoms. The molecule has 2 rings (SSSR count). The Morgan fingerprint density at radius 2 is 2.00 bits per heavy atom. The van der Waals surface area contributed by atoms with Crippen LogP contribution in [0.1, 0.15) is 11.4 Å². The Hall–Kier alpha value is -2.96. The van der Waals surface area contributed by atoms with E-state index in [1.54, 1.807) is 12.4 Å². The molecule has 0 fully saturated rings. The molecule has 2 aromatic rings. The third-order valence-electron chi connectivity index (χ3n) is 2.74. The maximum Gasteiger partial charge on any atom is 0.321 e. The highest BCUT2D eigenvalue weighted by atomic mass is 16.2. The molecular weight excluding hydrogens is 268 g/mol. The number of carbonyl (C=O) groups excluding carboxylic acids is 1. The summed E-state index contributed by atoms with van der Waals surface area (Å²) in [4.78, 5) is 19.7. The summed E-state index contributed by atoms with van der Waals surface area (Å²) >= 11 is 0. The molecule has 0 radical (unpaired) electrons. The standard InChI is InChI=1S/C14H16N6O/c1-9-17-7-12(8-18-9)11-4-2-3-10(5-11)6-19-14(21)20-13(15)16/h2-5,7-8H,6H2,1H3,(H5,15,16,19,20,21). The van der Waals surface area contributed by atoms with Gasteiger partial charge in [0.15, 0.2) is 5.96 Å². The number of nitrogens with two attached hydrogens (primary N) is 1. The Balaban J connectivity index is 2.06. The first-order valence-corrected chi connectivity index (χ1v) is 6.31. The zero-order valence-electron chi connectivity index (χ0n) is 11.6. The third-order valence-corrected chi connectivity index (χ3v) is 2.74. The zero-order valence-corrected chi connectivity index (χ0v) is 11.6. The first-order valence-electron chi connectivity index (χ1n) is 6.31. The van der Waals surface area contributed by atoms with Gasteiger partial charge in [-0.15, -0.1) is 0 Å². The summed E-state index contributed by atoms with van der Waals surface area (Å²) in [6.07, 6.45) is 3.52. The van der Waals surface area contributed by atoms with Gasteiger partial charge in [-0.3, -0.25) is 10.7 Å². The lowest BCUT2D eigenvalue weighted by molar-refractivity contribution is 0.245. The van der Waals surface area contributed by atoms with Crippen molar-refractivity contribution in [2.45, 2.75) is 13.5 Å². The molecule has 1 heterocycles. The number of nitrogens with zero attached hydrogens (tertiary/aromatic N) is 2. The van der Waals surface area contributed by atoms with Gasteiger partial charge in [-0.1, -0.05) is 18.2 Å². The van der Waals surface area contributed by atoms with Crippen molar-refractivity contribution in [2.75, 3.05) is 0 Å². The summed E-state index contributed by atoms with van der Waals surface area (Å²) in [6.45, 7) is 2.16. The number of benzene rings is 1. The van der Waals surface area contributed by atoms with Gasteiger partial charge in [0.1, 0.15) is 5.82 Å². The molecule has 7 nitrogen and oxygen atoms in total. The summed E-state index contributed by atoms with van der Waals surface area (Å²) < 4.78 is 0. The highest BCUT2D eigenvalue weighted by Crippen LogP contribution is 2.18. The van der Waals surface area contributed by atoms with Crippen LogP contribution in [0.3, 0.4) is 0 Å². The minimum absolute atomic E-state index is 0.333. The van der Waals surface area contributed by atoms with Gasteiger partial charge in [0.05, 0.1) is 0 Å². The molecule has 0 aliphatic heterocycles. The summed E-state index contributed by atoms with van der Waals surface area (Å²) in [5.74, 6) is 0.329. The minimum Gasteiger partial charge on any atom is -0.370 e. The van der Waals surface area contributed by atoms with Crippen LogP contribution in [0.25, 0.3) is 11.1 Å². The van der Waals surface area contributed by atoms with Gasteiger partial charge in [-0.25, -0.2) is 14.8 Å². The third kappa shape index (κ3) is 4.27. The molecule has 21 heavy (non-hydrogen) atoms. The van der Waals surface area contributed by atoms with E-state index in [0.29, 0.717) is 6.54 Å². The van der Waals surface area contributed by atoms with Crippen molar-refractivity contribution in [1.82, 2.24) is 20.6 Å². The van der Waals surface area contributed by atoms with Crippen LogP contribution in [0.2, 0.25) is 0 Å².